The van der Waals surface area contributed by atoms with E-state index in [0.29, 0.717) is 33.3 Å². The van der Waals surface area contributed by atoms with Gasteiger partial charge in [-0.25, -0.2) is 4.98 Å². The Morgan fingerprint density at radius 3 is 2.35 bits per heavy atom. The highest BCUT2D eigenvalue weighted by molar-refractivity contribution is 8.00. The Balaban J connectivity index is 1.80. The summed E-state index contributed by atoms with van der Waals surface area (Å²) in [6, 6.07) is 16.0. The first kappa shape index (κ1) is 22.4. The summed E-state index contributed by atoms with van der Waals surface area (Å²) in [4.78, 5) is 30.2. The Kier molecular flexibility index (Phi) is 7.31. The van der Waals surface area contributed by atoms with E-state index in [1.54, 1.807) is 62.8 Å². The molecule has 2 aromatic carbocycles. The second-order valence-corrected chi connectivity index (χ2v) is 7.85. The van der Waals surface area contributed by atoms with Crippen LogP contribution in [-0.2, 0) is 0 Å². The van der Waals surface area contributed by atoms with Crippen molar-refractivity contribution in [2.45, 2.75) is 18.9 Å². The monoisotopic (exact) mass is 436 g/mol. The number of Topliss-reactive ketones (excluding diaryl/α,β-unsaturated/α-hetero) is 1. The molecule has 0 unspecified atom stereocenters. The highest BCUT2D eigenvalue weighted by Gasteiger charge is 2.19. The van der Waals surface area contributed by atoms with Gasteiger partial charge in [-0.3, -0.25) is 9.59 Å². The average molecular weight is 437 g/mol. The van der Waals surface area contributed by atoms with E-state index in [1.165, 1.54) is 11.8 Å². The minimum atomic E-state index is -0.280. The van der Waals surface area contributed by atoms with E-state index in [4.69, 9.17) is 9.47 Å². The minimum absolute atomic E-state index is 0.0484. The molecule has 1 heterocycles. The van der Waals surface area contributed by atoms with Crippen LogP contribution in [0, 0.1) is 13.8 Å². The van der Waals surface area contributed by atoms with Crippen molar-refractivity contribution in [3.05, 3.63) is 77.0 Å². The Morgan fingerprint density at radius 1 is 0.968 bits per heavy atom. The molecule has 7 heteroatoms. The summed E-state index contributed by atoms with van der Waals surface area (Å²) >= 11 is 1.26. The van der Waals surface area contributed by atoms with Crippen LogP contribution in [0.1, 0.15) is 32.0 Å². The van der Waals surface area contributed by atoms with E-state index < -0.39 is 0 Å². The van der Waals surface area contributed by atoms with Crippen LogP contribution in [0.3, 0.4) is 0 Å². The molecular formula is C24H24N2O4S. The molecule has 0 saturated carbocycles. The highest BCUT2D eigenvalue weighted by Crippen LogP contribution is 2.27. The predicted molar refractivity (Wildman–Crippen MR) is 123 cm³/mol. The number of carbonyl (C=O) groups is 2. The first-order valence-corrected chi connectivity index (χ1v) is 10.6. The third-order valence-corrected chi connectivity index (χ3v) is 5.59. The molecule has 0 bridgehead atoms. The molecule has 0 atom stereocenters. The molecule has 160 valence electrons. The zero-order chi connectivity index (χ0) is 22.4. The van der Waals surface area contributed by atoms with Crippen LogP contribution in [0.5, 0.6) is 11.5 Å². The molecule has 0 spiro atoms. The van der Waals surface area contributed by atoms with Gasteiger partial charge in [0.15, 0.2) is 5.78 Å². The number of ketones is 1. The van der Waals surface area contributed by atoms with Crippen molar-refractivity contribution in [1.29, 1.82) is 0 Å². The van der Waals surface area contributed by atoms with E-state index in [2.05, 4.69) is 10.3 Å². The molecule has 6 nitrogen and oxygen atoms in total. The van der Waals surface area contributed by atoms with Gasteiger partial charge in [0.05, 0.1) is 25.5 Å². The number of aryl methyl sites for hydroxylation is 2. The normalized spacial score (nSPS) is 10.5. The summed E-state index contributed by atoms with van der Waals surface area (Å²) in [7, 11) is 3.15. The molecule has 31 heavy (non-hydrogen) atoms. The fraction of sp³-hybridized carbons (Fsp3) is 0.208. The number of thioether (sulfide) groups is 1. The molecule has 1 N–H and O–H groups in total. The first-order valence-electron chi connectivity index (χ1n) is 9.65. The minimum Gasteiger partial charge on any atom is -0.497 e. The SMILES string of the molecule is COc1ccc(C(=O)CSc2nc(C)cc(C)c2C(=O)Nc2cccc(OC)c2)cc1. The van der Waals surface area contributed by atoms with E-state index >= 15 is 0 Å². The molecule has 3 aromatic rings. The number of methoxy groups -OCH3 is 2. The van der Waals surface area contributed by atoms with Gasteiger partial charge in [-0.1, -0.05) is 17.8 Å². The molecular weight excluding hydrogens is 412 g/mol. The van der Waals surface area contributed by atoms with Crippen LogP contribution in [0.2, 0.25) is 0 Å². The van der Waals surface area contributed by atoms with Crippen molar-refractivity contribution in [2.24, 2.45) is 0 Å². The van der Waals surface area contributed by atoms with Crippen LogP contribution in [0.15, 0.2) is 59.6 Å². The summed E-state index contributed by atoms with van der Waals surface area (Å²) < 4.78 is 10.3. The number of benzene rings is 2. The Morgan fingerprint density at radius 2 is 1.68 bits per heavy atom. The van der Waals surface area contributed by atoms with Gasteiger partial charge in [0.2, 0.25) is 0 Å². The number of carbonyl (C=O) groups excluding carboxylic acids is 2. The molecule has 0 aliphatic heterocycles. The largest absolute Gasteiger partial charge is 0.497 e. The Bertz CT molecular complexity index is 1100. The third-order valence-electron chi connectivity index (χ3n) is 4.62. The molecule has 0 aliphatic carbocycles. The number of hydrogen-bond acceptors (Lipinski definition) is 6. The number of nitrogens with zero attached hydrogens (tertiary/aromatic N) is 1. The van der Waals surface area contributed by atoms with Crippen molar-refractivity contribution in [3.8, 4) is 11.5 Å². The number of pyridine rings is 1. The second kappa shape index (κ2) is 10.1. The first-order chi connectivity index (χ1) is 14.9. The number of amides is 1. The zero-order valence-electron chi connectivity index (χ0n) is 17.9. The van der Waals surface area contributed by atoms with Crippen molar-refractivity contribution >= 4 is 29.1 Å². The highest BCUT2D eigenvalue weighted by atomic mass is 32.2. The number of nitrogens with one attached hydrogen (secondary N) is 1. The lowest BCUT2D eigenvalue weighted by Crippen LogP contribution is -2.16. The van der Waals surface area contributed by atoms with Crippen LogP contribution >= 0.6 is 11.8 Å². The molecule has 0 radical (unpaired) electrons. The standard InChI is InChI=1S/C24H24N2O4S/c1-15-12-16(2)25-24(31-14-21(27)17-8-10-19(29-3)11-9-17)22(15)23(28)26-18-6-5-7-20(13-18)30-4/h5-13H,14H2,1-4H3,(H,26,28). The van der Waals surface area contributed by atoms with E-state index in [-0.39, 0.29) is 17.4 Å². The van der Waals surface area contributed by atoms with Gasteiger partial charge in [-0.05, 0) is 61.9 Å². The van der Waals surface area contributed by atoms with Gasteiger partial charge >= 0.3 is 0 Å². The van der Waals surface area contributed by atoms with Crippen LogP contribution in [0.25, 0.3) is 0 Å². The van der Waals surface area contributed by atoms with Gasteiger partial charge in [0, 0.05) is 23.0 Å². The number of ether oxygens (including phenoxy) is 2. The van der Waals surface area contributed by atoms with Crippen molar-refractivity contribution in [2.75, 3.05) is 25.3 Å². The third kappa shape index (κ3) is 5.64. The number of anilines is 1. The molecule has 0 aliphatic rings. The van der Waals surface area contributed by atoms with Crippen molar-refractivity contribution < 1.29 is 19.1 Å². The van der Waals surface area contributed by atoms with Gasteiger partial charge in [-0.2, -0.15) is 0 Å². The van der Waals surface area contributed by atoms with E-state index in [9.17, 15) is 9.59 Å². The lowest BCUT2D eigenvalue weighted by molar-refractivity contribution is 0.101. The summed E-state index contributed by atoms with van der Waals surface area (Å²) in [6.07, 6.45) is 0. The van der Waals surface area contributed by atoms with Crippen LogP contribution < -0.4 is 14.8 Å². The summed E-state index contributed by atoms with van der Waals surface area (Å²) in [6.45, 7) is 3.73. The number of rotatable bonds is 8. The van der Waals surface area contributed by atoms with Crippen LogP contribution in [0.4, 0.5) is 5.69 Å². The van der Waals surface area contributed by atoms with Crippen molar-refractivity contribution in [1.82, 2.24) is 4.98 Å². The Hall–Kier alpha value is -3.32. The lowest BCUT2D eigenvalue weighted by Gasteiger charge is -2.13. The fourth-order valence-electron chi connectivity index (χ4n) is 3.07. The molecule has 0 fully saturated rings. The second-order valence-electron chi connectivity index (χ2n) is 6.89. The molecule has 0 saturated heterocycles. The zero-order valence-corrected chi connectivity index (χ0v) is 18.7. The number of aromatic nitrogens is 1. The summed E-state index contributed by atoms with van der Waals surface area (Å²) in [5.74, 6) is 1.18. The van der Waals surface area contributed by atoms with E-state index in [0.717, 1.165) is 11.3 Å². The van der Waals surface area contributed by atoms with Gasteiger partial charge in [-0.15, -0.1) is 0 Å². The van der Waals surface area contributed by atoms with Crippen LogP contribution in [-0.4, -0.2) is 36.6 Å². The predicted octanol–water partition coefficient (Wildman–Crippen LogP) is 4.94. The van der Waals surface area contributed by atoms with Gasteiger partial charge in [0.25, 0.3) is 5.91 Å². The molecule has 3 rings (SSSR count). The maximum atomic E-state index is 13.0. The number of hydrogen-bond donors (Lipinski definition) is 1. The topological polar surface area (TPSA) is 77.5 Å². The lowest BCUT2D eigenvalue weighted by atomic mass is 10.1. The quantitative estimate of drug-likeness (QED) is 0.398. The molecule has 1 aromatic heterocycles. The summed E-state index contributed by atoms with van der Waals surface area (Å²) in [5, 5.41) is 3.42. The van der Waals surface area contributed by atoms with Crippen molar-refractivity contribution in [3.63, 3.8) is 0 Å². The maximum absolute atomic E-state index is 13.0. The van der Waals surface area contributed by atoms with Gasteiger partial charge in [0.1, 0.15) is 16.5 Å². The van der Waals surface area contributed by atoms with Gasteiger partial charge < -0.3 is 14.8 Å². The smallest absolute Gasteiger partial charge is 0.258 e. The Labute approximate surface area is 186 Å². The van der Waals surface area contributed by atoms with E-state index in [1.807, 2.05) is 19.9 Å². The fourth-order valence-corrected chi connectivity index (χ4v) is 4.11. The summed E-state index contributed by atoms with van der Waals surface area (Å²) in [5.41, 5.74) is 3.25. The average Bonchev–Trinajstić information content (AvgIpc) is 2.77. The maximum Gasteiger partial charge on any atom is 0.258 e. The molecule has 1 amide bonds.